The second kappa shape index (κ2) is 7.19. The van der Waals surface area contributed by atoms with E-state index in [9.17, 15) is 0 Å². The van der Waals surface area contributed by atoms with Gasteiger partial charge < -0.3 is 4.57 Å². The Bertz CT molecular complexity index is 1270. The molecule has 0 saturated carbocycles. The Balaban J connectivity index is 1.47. The van der Waals surface area contributed by atoms with Gasteiger partial charge in [-0.1, -0.05) is 71.5 Å². The van der Waals surface area contributed by atoms with Crippen LogP contribution >= 0.6 is 22.9 Å². The molecule has 0 aliphatic carbocycles. The third-order valence-electron chi connectivity index (χ3n) is 4.60. The number of benzene rings is 3. The number of hydrogen-bond donors (Lipinski definition) is 0. The molecule has 0 saturated heterocycles. The molecule has 0 spiro atoms. The highest BCUT2D eigenvalue weighted by Gasteiger charge is 2.12. The first-order valence-corrected chi connectivity index (χ1v) is 10.1. The minimum Gasteiger partial charge on any atom is -0.333 e. The van der Waals surface area contributed by atoms with Gasteiger partial charge in [0, 0.05) is 33.0 Å². The van der Waals surface area contributed by atoms with E-state index < -0.39 is 0 Å². The van der Waals surface area contributed by atoms with Crippen molar-refractivity contribution in [3.05, 3.63) is 88.4 Å². The molecular formula is C22H15ClN4S. The van der Waals surface area contributed by atoms with Crippen LogP contribution in [0.25, 0.3) is 21.8 Å². The van der Waals surface area contributed by atoms with Crippen LogP contribution in [-0.4, -0.2) is 21.0 Å². The second-order valence-corrected chi connectivity index (χ2v) is 7.89. The monoisotopic (exact) mass is 402 g/mol. The lowest BCUT2D eigenvalue weighted by molar-refractivity contribution is 0.836. The molecule has 0 amide bonds. The number of aromatic nitrogens is 3. The quantitative estimate of drug-likeness (QED) is 0.341. The summed E-state index contributed by atoms with van der Waals surface area (Å²) in [5.41, 5.74) is 3.33. The molecule has 136 valence electrons. The summed E-state index contributed by atoms with van der Waals surface area (Å²) in [5.74, 6) is 0. The number of halogens is 1. The fraction of sp³-hybridized carbons (Fsp3) is 0.0455. The van der Waals surface area contributed by atoms with E-state index in [2.05, 4.69) is 68.3 Å². The highest BCUT2D eigenvalue weighted by atomic mass is 35.5. The largest absolute Gasteiger partial charge is 0.333 e. The molecule has 2 heterocycles. The van der Waals surface area contributed by atoms with Crippen LogP contribution in [0.1, 0.15) is 10.6 Å². The van der Waals surface area contributed by atoms with Crippen molar-refractivity contribution in [1.82, 2.24) is 14.8 Å². The van der Waals surface area contributed by atoms with Crippen molar-refractivity contribution in [2.45, 2.75) is 6.54 Å². The standard InChI is InChI=1S/C22H15ClN4S/c23-16-7-5-6-15(12-16)13-24-22-26-25-21(28-22)14-27-19-10-3-1-8-17(19)18-9-2-4-11-20(18)27/h1-13H,14H2/b24-13+. The van der Waals surface area contributed by atoms with E-state index in [1.807, 2.05) is 24.3 Å². The van der Waals surface area contributed by atoms with Crippen molar-refractivity contribution in [3.63, 3.8) is 0 Å². The van der Waals surface area contributed by atoms with Gasteiger partial charge in [-0.3, -0.25) is 0 Å². The van der Waals surface area contributed by atoms with Crippen molar-refractivity contribution >= 4 is 56.1 Å². The molecule has 6 heteroatoms. The van der Waals surface area contributed by atoms with Gasteiger partial charge in [-0.25, -0.2) is 4.99 Å². The maximum atomic E-state index is 6.02. The van der Waals surface area contributed by atoms with Crippen LogP contribution in [0.15, 0.2) is 77.8 Å². The van der Waals surface area contributed by atoms with Crippen LogP contribution in [0.5, 0.6) is 0 Å². The minimum atomic E-state index is 0.635. The zero-order valence-corrected chi connectivity index (χ0v) is 16.4. The molecule has 0 N–H and O–H groups in total. The lowest BCUT2D eigenvalue weighted by Crippen LogP contribution is -1.98. The summed E-state index contributed by atoms with van der Waals surface area (Å²) in [7, 11) is 0. The van der Waals surface area contributed by atoms with Gasteiger partial charge in [0.05, 0.1) is 6.54 Å². The van der Waals surface area contributed by atoms with E-state index in [-0.39, 0.29) is 0 Å². The third-order valence-corrected chi connectivity index (χ3v) is 5.65. The van der Waals surface area contributed by atoms with Crippen LogP contribution < -0.4 is 0 Å². The number of hydrogen-bond acceptors (Lipinski definition) is 4. The lowest BCUT2D eigenvalue weighted by atomic mass is 10.2. The van der Waals surface area contributed by atoms with Crippen LogP contribution in [0.3, 0.4) is 0 Å². The van der Waals surface area contributed by atoms with Crippen LogP contribution in [-0.2, 0) is 6.54 Å². The molecule has 3 aromatic carbocycles. The Kier molecular flexibility index (Phi) is 4.39. The number of rotatable bonds is 4. The van der Waals surface area contributed by atoms with Crippen LogP contribution in [0.4, 0.5) is 5.13 Å². The third kappa shape index (κ3) is 3.19. The molecule has 0 radical (unpaired) electrons. The first kappa shape index (κ1) is 17.1. The van der Waals surface area contributed by atoms with E-state index in [1.165, 1.54) is 33.1 Å². The molecule has 0 bridgehead atoms. The van der Waals surface area contributed by atoms with Crippen molar-refractivity contribution in [3.8, 4) is 0 Å². The van der Waals surface area contributed by atoms with E-state index in [1.54, 1.807) is 6.21 Å². The van der Waals surface area contributed by atoms with Gasteiger partial charge in [-0.15, -0.1) is 10.2 Å². The predicted octanol–water partition coefficient (Wildman–Crippen LogP) is 6.10. The first-order chi connectivity index (χ1) is 13.8. The summed E-state index contributed by atoms with van der Waals surface area (Å²) in [5, 5.41) is 13.3. The van der Waals surface area contributed by atoms with Gasteiger partial charge in [0.2, 0.25) is 5.13 Å². The maximum absolute atomic E-state index is 6.02. The van der Waals surface area contributed by atoms with Gasteiger partial charge in [0.25, 0.3) is 0 Å². The van der Waals surface area contributed by atoms with Crippen molar-refractivity contribution in [2.75, 3.05) is 0 Å². The summed E-state index contributed by atoms with van der Waals surface area (Å²) in [6, 6.07) is 24.5. The smallest absolute Gasteiger partial charge is 0.231 e. The van der Waals surface area contributed by atoms with E-state index in [0.717, 1.165) is 10.6 Å². The molecule has 0 aliphatic rings. The number of nitrogens with zero attached hydrogens (tertiary/aromatic N) is 4. The van der Waals surface area contributed by atoms with E-state index in [4.69, 9.17) is 11.6 Å². The Labute approximate surface area is 170 Å². The number of fused-ring (bicyclic) bond motifs is 3. The molecular weight excluding hydrogens is 388 g/mol. The number of aliphatic imine (C=N–C) groups is 1. The SMILES string of the molecule is Clc1cccc(/C=N/c2nnc(Cn3c4ccccc4c4ccccc43)s2)c1. The Morgan fingerprint density at radius 1 is 0.893 bits per heavy atom. The van der Waals surface area contributed by atoms with Crippen molar-refractivity contribution in [2.24, 2.45) is 4.99 Å². The van der Waals surface area contributed by atoms with Gasteiger partial charge in [0.15, 0.2) is 0 Å². The summed E-state index contributed by atoms with van der Waals surface area (Å²) in [6.45, 7) is 0.665. The zero-order chi connectivity index (χ0) is 18.9. The molecule has 4 nitrogen and oxygen atoms in total. The van der Waals surface area contributed by atoms with Gasteiger partial charge in [0.1, 0.15) is 5.01 Å². The van der Waals surface area contributed by atoms with Crippen LogP contribution in [0, 0.1) is 0 Å². The molecule has 0 atom stereocenters. The molecule has 0 unspecified atom stereocenters. The average Bonchev–Trinajstić information content (AvgIpc) is 3.30. The van der Waals surface area contributed by atoms with Crippen molar-refractivity contribution in [1.29, 1.82) is 0 Å². The fourth-order valence-corrected chi connectivity index (χ4v) is 4.26. The number of para-hydroxylation sites is 2. The molecule has 0 aliphatic heterocycles. The summed E-state index contributed by atoms with van der Waals surface area (Å²) in [4.78, 5) is 4.44. The zero-order valence-electron chi connectivity index (χ0n) is 14.8. The Hall–Kier alpha value is -3.02. The summed E-state index contributed by atoms with van der Waals surface area (Å²) in [6.07, 6.45) is 1.76. The first-order valence-electron chi connectivity index (χ1n) is 8.86. The Morgan fingerprint density at radius 2 is 1.61 bits per heavy atom. The lowest BCUT2D eigenvalue weighted by Gasteiger charge is -2.04. The predicted molar refractivity (Wildman–Crippen MR) is 117 cm³/mol. The highest BCUT2D eigenvalue weighted by Crippen LogP contribution is 2.30. The van der Waals surface area contributed by atoms with E-state index in [0.29, 0.717) is 16.7 Å². The van der Waals surface area contributed by atoms with Gasteiger partial charge in [-0.2, -0.15) is 0 Å². The summed E-state index contributed by atoms with van der Waals surface area (Å²) >= 11 is 7.51. The fourth-order valence-electron chi connectivity index (χ4n) is 3.39. The molecule has 5 rings (SSSR count). The second-order valence-electron chi connectivity index (χ2n) is 6.41. The molecule has 5 aromatic rings. The van der Waals surface area contributed by atoms with Gasteiger partial charge in [-0.05, 0) is 29.8 Å². The topological polar surface area (TPSA) is 43.1 Å². The Morgan fingerprint density at radius 3 is 2.32 bits per heavy atom. The average molecular weight is 403 g/mol. The molecule has 2 aromatic heterocycles. The van der Waals surface area contributed by atoms with E-state index >= 15 is 0 Å². The normalized spacial score (nSPS) is 11.8. The molecule has 28 heavy (non-hydrogen) atoms. The van der Waals surface area contributed by atoms with Crippen molar-refractivity contribution < 1.29 is 0 Å². The highest BCUT2D eigenvalue weighted by molar-refractivity contribution is 7.14. The maximum Gasteiger partial charge on any atom is 0.231 e. The summed E-state index contributed by atoms with van der Waals surface area (Å²) < 4.78 is 2.29. The molecule has 0 fully saturated rings. The van der Waals surface area contributed by atoms with Crippen LogP contribution in [0.2, 0.25) is 5.02 Å². The minimum absolute atomic E-state index is 0.635. The van der Waals surface area contributed by atoms with Gasteiger partial charge >= 0.3 is 0 Å².